The van der Waals surface area contributed by atoms with Gasteiger partial charge in [0.25, 0.3) is 0 Å². The van der Waals surface area contributed by atoms with Crippen LogP contribution < -0.4 is 11.1 Å². The Kier molecular flexibility index (Phi) is 4.10. The Morgan fingerprint density at radius 2 is 2.00 bits per heavy atom. The van der Waals surface area contributed by atoms with Gasteiger partial charge in [0.1, 0.15) is 5.75 Å². The van der Waals surface area contributed by atoms with Crippen molar-refractivity contribution in [3.05, 3.63) is 0 Å². The molecule has 0 radical (unpaired) electrons. The van der Waals surface area contributed by atoms with Crippen LogP contribution in [0.2, 0.25) is 0 Å². The third-order valence-corrected chi connectivity index (χ3v) is 5.16. The minimum Gasteiger partial charge on any atom is -0.369 e. The number of piperidine rings is 1. The largest absolute Gasteiger partial charge is 0.369 e. The van der Waals surface area contributed by atoms with E-state index in [1.165, 1.54) is 0 Å². The van der Waals surface area contributed by atoms with E-state index in [1.807, 2.05) is 0 Å². The summed E-state index contributed by atoms with van der Waals surface area (Å²) in [4.78, 5) is 10.6. The van der Waals surface area contributed by atoms with Gasteiger partial charge in [-0.25, -0.2) is 8.42 Å². The van der Waals surface area contributed by atoms with Gasteiger partial charge in [-0.15, -0.1) is 0 Å². The lowest BCUT2D eigenvalue weighted by Gasteiger charge is -2.27. The molecule has 0 spiro atoms. The predicted octanol–water partition coefficient (Wildman–Crippen LogP) is -0.725. The van der Waals surface area contributed by atoms with Crippen molar-refractivity contribution in [2.75, 3.05) is 18.8 Å². The fourth-order valence-corrected chi connectivity index (χ4v) is 3.45. The number of nitrogens with one attached hydrogen (secondary N) is 1. The second-order valence-electron chi connectivity index (χ2n) is 4.07. The Morgan fingerprint density at radius 3 is 2.47 bits per heavy atom. The Morgan fingerprint density at radius 1 is 1.47 bits per heavy atom. The smallest absolute Gasteiger partial charge is 0.232 e. The first-order valence-corrected chi connectivity index (χ1v) is 6.85. The number of carbonyl (C=O) groups excluding carboxylic acids is 1. The van der Waals surface area contributed by atoms with E-state index in [-0.39, 0.29) is 5.92 Å². The highest BCUT2D eigenvalue weighted by atomic mass is 32.2. The molecule has 0 aromatic rings. The highest BCUT2D eigenvalue weighted by molar-refractivity contribution is 7.92. The van der Waals surface area contributed by atoms with E-state index in [0.29, 0.717) is 0 Å². The zero-order chi connectivity index (χ0) is 11.5. The Bertz CT molecular complexity index is 320. The zero-order valence-electron chi connectivity index (χ0n) is 8.90. The van der Waals surface area contributed by atoms with Crippen LogP contribution in [0.4, 0.5) is 0 Å². The molecule has 0 bridgehead atoms. The van der Waals surface area contributed by atoms with Crippen molar-refractivity contribution in [3.63, 3.8) is 0 Å². The molecule has 0 saturated carbocycles. The van der Waals surface area contributed by atoms with Crippen LogP contribution in [0.3, 0.4) is 0 Å². The first-order chi connectivity index (χ1) is 6.93. The molecular formula is C9H18N2O3S. The highest BCUT2D eigenvalue weighted by Gasteiger charge is 2.31. The van der Waals surface area contributed by atoms with Gasteiger partial charge < -0.3 is 11.1 Å². The predicted molar refractivity (Wildman–Crippen MR) is 58.0 cm³/mol. The van der Waals surface area contributed by atoms with Gasteiger partial charge >= 0.3 is 0 Å². The van der Waals surface area contributed by atoms with Gasteiger partial charge in [-0.3, -0.25) is 4.79 Å². The minimum absolute atomic E-state index is 0.149. The van der Waals surface area contributed by atoms with Crippen LogP contribution in [0.15, 0.2) is 0 Å². The number of carbonyl (C=O) groups is 1. The summed E-state index contributed by atoms with van der Waals surface area (Å²) in [5.74, 6) is -1.15. The molecule has 1 aliphatic rings. The summed E-state index contributed by atoms with van der Waals surface area (Å²) in [6.07, 6.45) is 1.69. The molecule has 88 valence electrons. The number of hydrogen-bond donors (Lipinski definition) is 2. The van der Waals surface area contributed by atoms with Gasteiger partial charge in [0.05, 0.1) is 5.25 Å². The van der Waals surface area contributed by atoms with E-state index < -0.39 is 26.7 Å². The van der Waals surface area contributed by atoms with Crippen LogP contribution in [0.1, 0.15) is 19.8 Å². The number of rotatable bonds is 4. The fourth-order valence-electron chi connectivity index (χ4n) is 1.94. The molecule has 0 aromatic carbocycles. The first kappa shape index (κ1) is 12.4. The summed E-state index contributed by atoms with van der Waals surface area (Å²) in [5.41, 5.74) is 4.92. The minimum atomic E-state index is -3.36. The molecule has 1 saturated heterocycles. The van der Waals surface area contributed by atoms with Gasteiger partial charge in [0.2, 0.25) is 5.91 Å². The summed E-state index contributed by atoms with van der Waals surface area (Å²) >= 11 is 0. The van der Waals surface area contributed by atoms with Gasteiger partial charge in [-0.2, -0.15) is 0 Å². The van der Waals surface area contributed by atoms with E-state index in [9.17, 15) is 13.2 Å². The number of primary amides is 1. The molecule has 1 fully saturated rings. The van der Waals surface area contributed by atoms with Crippen LogP contribution in [-0.2, 0) is 14.6 Å². The average Bonchev–Trinajstić information content (AvgIpc) is 2.16. The molecule has 15 heavy (non-hydrogen) atoms. The second-order valence-corrected chi connectivity index (χ2v) is 6.42. The van der Waals surface area contributed by atoms with Crippen molar-refractivity contribution < 1.29 is 13.2 Å². The third-order valence-electron chi connectivity index (χ3n) is 2.96. The number of amides is 1. The molecule has 1 amide bonds. The van der Waals surface area contributed by atoms with Crippen molar-refractivity contribution in [1.29, 1.82) is 0 Å². The van der Waals surface area contributed by atoms with Crippen molar-refractivity contribution in [1.82, 2.24) is 5.32 Å². The van der Waals surface area contributed by atoms with E-state index >= 15 is 0 Å². The topological polar surface area (TPSA) is 89.3 Å². The number of sulfone groups is 1. The first-order valence-electron chi connectivity index (χ1n) is 5.14. The van der Waals surface area contributed by atoms with Crippen LogP contribution in [0.5, 0.6) is 0 Å². The molecule has 1 heterocycles. The van der Waals surface area contributed by atoms with Crippen LogP contribution in [0, 0.1) is 5.92 Å². The normalized spacial score (nSPS) is 21.1. The van der Waals surface area contributed by atoms with Crippen molar-refractivity contribution in [3.8, 4) is 0 Å². The van der Waals surface area contributed by atoms with Crippen molar-refractivity contribution in [2.45, 2.75) is 25.0 Å². The summed E-state index contributed by atoms with van der Waals surface area (Å²) < 4.78 is 23.4. The summed E-state index contributed by atoms with van der Waals surface area (Å²) in [5, 5.41) is 2.71. The lowest BCUT2D eigenvalue weighted by molar-refractivity contribution is -0.115. The van der Waals surface area contributed by atoms with Gasteiger partial charge in [-0.1, -0.05) is 0 Å². The average molecular weight is 234 g/mol. The molecular weight excluding hydrogens is 216 g/mol. The van der Waals surface area contributed by atoms with Crippen molar-refractivity contribution in [2.24, 2.45) is 11.7 Å². The molecule has 1 aliphatic heterocycles. The zero-order valence-corrected chi connectivity index (χ0v) is 9.72. The van der Waals surface area contributed by atoms with Crippen LogP contribution in [-0.4, -0.2) is 38.4 Å². The van der Waals surface area contributed by atoms with Crippen LogP contribution >= 0.6 is 0 Å². The lowest BCUT2D eigenvalue weighted by atomic mass is 9.95. The monoisotopic (exact) mass is 234 g/mol. The van der Waals surface area contributed by atoms with E-state index in [1.54, 1.807) is 6.92 Å². The molecule has 0 aliphatic carbocycles. The standard InChI is InChI=1S/C9H18N2O3S/c1-7(8-2-4-11-5-3-8)15(13,14)6-9(10)12/h7-8,11H,2-6H2,1H3,(H2,10,12). The molecule has 1 unspecified atom stereocenters. The maximum absolute atomic E-state index is 11.7. The number of hydrogen-bond acceptors (Lipinski definition) is 4. The van der Waals surface area contributed by atoms with E-state index in [4.69, 9.17) is 5.73 Å². The van der Waals surface area contributed by atoms with E-state index in [0.717, 1.165) is 25.9 Å². The van der Waals surface area contributed by atoms with E-state index in [2.05, 4.69) is 5.32 Å². The molecule has 1 rings (SSSR count). The third kappa shape index (κ3) is 3.46. The molecule has 1 atom stereocenters. The summed E-state index contributed by atoms with van der Waals surface area (Å²) in [7, 11) is -3.36. The Hall–Kier alpha value is -0.620. The molecule has 6 heteroatoms. The van der Waals surface area contributed by atoms with Gasteiger partial charge in [0.15, 0.2) is 9.84 Å². The Labute approximate surface area is 90.3 Å². The molecule has 3 N–H and O–H groups in total. The summed E-state index contributed by atoms with van der Waals surface area (Å²) in [6, 6.07) is 0. The second kappa shape index (κ2) is 4.94. The highest BCUT2D eigenvalue weighted by Crippen LogP contribution is 2.22. The number of nitrogens with two attached hydrogens (primary N) is 1. The maximum atomic E-state index is 11.7. The molecule has 0 aromatic heterocycles. The fraction of sp³-hybridized carbons (Fsp3) is 0.889. The summed E-state index contributed by atoms with van der Waals surface area (Å²) in [6.45, 7) is 3.37. The van der Waals surface area contributed by atoms with Gasteiger partial charge in [0, 0.05) is 0 Å². The maximum Gasteiger partial charge on any atom is 0.232 e. The Balaban J connectivity index is 2.65. The van der Waals surface area contributed by atoms with Gasteiger partial charge in [-0.05, 0) is 38.8 Å². The quantitative estimate of drug-likeness (QED) is 0.671. The van der Waals surface area contributed by atoms with Crippen LogP contribution in [0.25, 0.3) is 0 Å². The lowest BCUT2D eigenvalue weighted by Crippen LogP contribution is -2.39. The molecule has 5 nitrogen and oxygen atoms in total. The van der Waals surface area contributed by atoms with Crippen molar-refractivity contribution >= 4 is 15.7 Å². The SMILES string of the molecule is CC(C1CCNCC1)S(=O)(=O)CC(N)=O.